The molecule has 0 radical (unpaired) electrons. The van der Waals surface area contributed by atoms with E-state index < -0.39 is 0 Å². The van der Waals surface area contributed by atoms with Crippen LogP contribution < -0.4 is 4.90 Å². The molecule has 1 aliphatic rings. The summed E-state index contributed by atoms with van der Waals surface area (Å²) in [6.07, 6.45) is 4.00. The van der Waals surface area contributed by atoms with E-state index in [0.717, 1.165) is 32.2 Å². The highest BCUT2D eigenvalue weighted by Gasteiger charge is 2.24. The Morgan fingerprint density at radius 2 is 1.89 bits per heavy atom. The fourth-order valence-corrected chi connectivity index (χ4v) is 2.84. The Hall–Kier alpha value is -1.31. The summed E-state index contributed by atoms with van der Waals surface area (Å²) in [5, 5.41) is 0. The average molecular weight is 245 g/mol. The van der Waals surface area contributed by atoms with Crippen molar-refractivity contribution in [2.24, 2.45) is 5.92 Å². The van der Waals surface area contributed by atoms with Crippen molar-refractivity contribution in [1.82, 2.24) is 0 Å². The maximum Gasteiger partial charge on any atom is 0.136 e. The molecule has 0 aromatic heterocycles. The normalized spacial score (nSPS) is 19.3. The van der Waals surface area contributed by atoms with E-state index in [4.69, 9.17) is 0 Å². The number of hydrogen-bond donors (Lipinski definition) is 0. The molecule has 1 saturated carbocycles. The number of carbonyl (C=O) groups is 1. The minimum Gasteiger partial charge on any atom is -0.375 e. The molecule has 0 spiro atoms. The lowest BCUT2D eigenvalue weighted by Crippen LogP contribution is -2.22. The molecule has 0 amide bonds. The van der Waals surface area contributed by atoms with Crippen LogP contribution in [0.3, 0.4) is 0 Å². The van der Waals surface area contributed by atoms with Gasteiger partial charge in [0.2, 0.25) is 0 Å². The molecule has 1 fully saturated rings. The van der Waals surface area contributed by atoms with E-state index in [2.05, 4.69) is 44.0 Å². The fraction of sp³-hybridized carbons (Fsp3) is 0.562. The predicted molar refractivity (Wildman–Crippen MR) is 76.2 cm³/mol. The summed E-state index contributed by atoms with van der Waals surface area (Å²) in [5.74, 6) is 0.794. The second kappa shape index (κ2) is 5.55. The van der Waals surface area contributed by atoms with Crippen LogP contribution >= 0.6 is 0 Å². The number of benzene rings is 1. The van der Waals surface area contributed by atoms with Crippen LogP contribution in [0.1, 0.15) is 36.8 Å². The summed E-state index contributed by atoms with van der Waals surface area (Å²) in [7, 11) is 2.12. The van der Waals surface area contributed by atoms with E-state index in [9.17, 15) is 4.79 Å². The van der Waals surface area contributed by atoms with Gasteiger partial charge in [-0.1, -0.05) is 6.07 Å². The number of nitrogens with zero attached hydrogens (tertiary/aromatic N) is 1. The Kier molecular flexibility index (Phi) is 4.05. The first-order chi connectivity index (χ1) is 8.56. The lowest BCUT2D eigenvalue weighted by molar-refractivity contribution is -0.120. The van der Waals surface area contributed by atoms with Crippen molar-refractivity contribution in [1.29, 1.82) is 0 Å². The lowest BCUT2D eigenvalue weighted by atomic mass is 10.0. The maximum atomic E-state index is 11.6. The minimum absolute atomic E-state index is 0.318. The van der Waals surface area contributed by atoms with E-state index in [1.807, 2.05) is 0 Å². The average Bonchev–Trinajstić information content (AvgIpc) is 2.70. The lowest BCUT2D eigenvalue weighted by Gasteiger charge is -2.22. The van der Waals surface area contributed by atoms with Gasteiger partial charge >= 0.3 is 0 Å². The van der Waals surface area contributed by atoms with Crippen molar-refractivity contribution in [3.63, 3.8) is 0 Å². The molecule has 1 aromatic rings. The molecule has 0 aliphatic heterocycles. The van der Waals surface area contributed by atoms with Crippen LogP contribution in [0.2, 0.25) is 0 Å². The molecule has 0 bridgehead atoms. The molecule has 2 heteroatoms. The zero-order valence-electron chi connectivity index (χ0n) is 11.7. The second-order valence-corrected chi connectivity index (χ2v) is 5.61. The van der Waals surface area contributed by atoms with Crippen LogP contribution in [0.15, 0.2) is 18.2 Å². The second-order valence-electron chi connectivity index (χ2n) is 5.61. The highest BCUT2D eigenvalue weighted by Crippen LogP contribution is 2.25. The standard InChI is InChI=1S/C16H23NO/c1-12-9-13(2)11-15(10-12)17(3)8-7-14-5-4-6-16(14)18/h9-11,14H,4-8H2,1-3H3. The number of anilines is 1. The van der Waals surface area contributed by atoms with Gasteiger partial charge in [0.15, 0.2) is 0 Å². The number of rotatable bonds is 4. The van der Waals surface area contributed by atoms with Crippen LogP contribution in [0.4, 0.5) is 5.69 Å². The van der Waals surface area contributed by atoms with E-state index in [0.29, 0.717) is 11.7 Å². The summed E-state index contributed by atoms with van der Waals surface area (Å²) in [6, 6.07) is 6.62. The number of ketones is 1. The molecule has 2 rings (SSSR count). The SMILES string of the molecule is Cc1cc(C)cc(N(C)CCC2CCCC2=O)c1. The van der Waals surface area contributed by atoms with Crippen molar-refractivity contribution in [3.8, 4) is 0 Å². The van der Waals surface area contributed by atoms with Gasteiger partial charge in [-0.15, -0.1) is 0 Å². The van der Waals surface area contributed by atoms with E-state index in [1.165, 1.54) is 16.8 Å². The molecular weight excluding hydrogens is 222 g/mol. The third-order valence-electron chi connectivity index (χ3n) is 3.89. The number of hydrogen-bond acceptors (Lipinski definition) is 2. The van der Waals surface area contributed by atoms with Gasteiger partial charge in [-0.3, -0.25) is 4.79 Å². The van der Waals surface area contributed by atoms with Gasteiger partial charge in [-0.2, -0.15) is 0 Å². The van der Waals surface area contributed by atoms with Gasteiger partial charge in [-0.05, 0) is 56.4 Å². The van der Waals surface area contributed by atoms with Crippen LogP contribution in [0.5, 0.6) is 0 Å². The molecule has 1 unspecified atom stereocenters. The number of aryl methyl sites for hydroxylation is 2. The third kappa shape index (κ3) is 3.12. The zero-order valence-corrected chi connectivity index (χ0v) is 11.7. The summed E-state index contributed by atoms with van der Waals surface area (Å²) in [5.41, 5.74) is 3.86. The molecule has 0 N–H and O–H groups in total. The van der Waals surface area contributed by atoms with Crippen molar-refractivity contribution in [2.45, 2.75) is 39.5 Å². The summed E-state index contributed by atoms with van der Waals surface area (Å²) in [4.78, 5) is 13.9. The number of Topliss-reactive ketones (excluding diaryl/α,β-unsaturated/α-hetero) is 1. The van der Waals surface area contributed by atoms with Crippen LogP contribution in [-0.2, 0) is 4.79 Å². The van der Waals surface area contributed by atoms with Crippen LogP contribution in [0.25, 0.3) is 0 Å². The monoisotopic (exact) mass is 245 g/mol. The fourth-order valence-electron chi connectivity index (χ4n) is 2.84. The molecule has 1 aliphatic carbocycles. The van der Waals surface area contributed by atoms with Crippen molar-refractivity contribution >= 4 is 11.5 Å². The molecule has 98 valence electrons. The van der Waals surface area contributed by atoms with Gasteiger partial charge < -0.3 is 4.90 Å². The Labute approximate surface area is 110 Å². The van der Waals surface area contributed by atoms with Gasteiger partial charge in [0, 0.05) is 31.6 Å². The third-order valence-corrected chi connectivity index (χ3v) is 3.89. The Bertz CT molecular complexity index is 418. The number of carbonyl (C=O) groups excluding carboxylic acids is 1. The predicted octanol–water partition coefficient (Wildman–Crippen LogP) is 3.50. The van der Waals surface area contributed by atoms with E-state index in [-0.39, 0.29) is 0 Å². The molecule has 2 nitrogen and oxygen atoms in total. The molecule has 18 heavy (non-hydrogen) atoms. The van der Waals surface area contributed by atoms with E-state index >= 15 is 0 Å². The maximum absolute atomic E-state index is 11.6. The Balaban J connectivity index is 1.94. The van der Waals surface area contributed by atoms with Gasteiger partial charge in [-0.25, -0.2) is 0 Å². The van der Waals surface area contributed by atoms with Gasteiger partial charge in [0.05, 0.1) is 0 Å². The first kappa shape index (κ1) is 13.1. The molecule has 0 heterocycles. The summed E-state index contributed by atoms with van der Waals surface area (Å²) in [6.45, 7) is 5.23. The van der Waals surface area contributed by atoms with Gasteiger partial charge in [0.1, 0.15) is 5.78 Å². The van der Waals surface area contributed by atoms with Crippen molar-refractivity contribution < 1.29 is 4.79 Å². The summed E-state index contributed by atoms with van der Waals surface area (Å²) < 4.78 is 0. The van der Waals surface area contributed by atoms with E-state index in [1.54, 1.807) is 0 Å². The first-order valence-corrected chi connectivity index (χ1v) is 6.88. The Morgan fingerprint density at radius 3 is 2.44 bits per heavy atom. The topological polar surface area (TPSA) is 20.3 Å². The first-order valence-electron chi connectivity index (χ1n) is 6.88. The van der Waals surface area contributed by atoms with Crippen LogP contribution in [-0.4, -0.2) is 19.4 Å². The van der Waals surface area contributed by atoms with Gasteiger partial charge in [0.25, 0.3) is 0 Å². The van der Waals surface area contributed by atoms with Crippen molar-refractivity contribution in [3.05, 3.63) is 29.3 Å². The molecular formula is C16H23NO. The summed E-state index contributed by atoms with van der Waals surface area (Å²) >= 11 is 0. The van der Waals surface area contributed by atoms with Crippen LogP contribution in [0, 0.1) is 19.8 Å². The quantitative estimate of drug-likeness (QED) is 0.809. The largest absolute Gasteiger partial charge is 0.375 e. The molecule has 1 atom stereocenters. The minimum atomic E-state index is 0.318. The molecule has 0 saturated heterocycles. The highest BCUT2D eigenvalue weighted by molar-refractivity contribution is 5.82. The molecule has 1 aromatic carbocycles. The van der Waals surface area contributed by atoms with Crippen molar-refractivity contribution in [2.75, 3.05) is 18.5 Å². The highest BCUT2D eigenvalue weighted by atomic mass is 16.1. The Morgan fingerprint density at radius 1 is 1.22 bits per heavy atom. The smallest absolute Gasteiger partial charge is 0.136 e. The zero-order chi connectivity index (χ0) is 13.1.